The highest BCUT2D eigenvalue weighted by Gasteiger charge is 2.24. The van der Waals surface area contributed by atoms with Gasteiger partial charge >= 0.3 is 0 Å². The van der Waals surface area contributed by atoms with Crippen molar-refractivity contribution in [2.75, 3.05) is 0 Å². The number of rotatable bonds is 4. The van der Waals surface area contributed by atoms with Crippen molar-refractivity contribution >= 4 is 28.0 Å². The quantitative estimate of drug-likeness (QED) is 0.320. The summed E-state index contributed by atoms with van der Waals surface area (Å²) >= 11 is 0. The van der Waals surface area contributed by atoms with Gasteiger partial charge in [-0.25, -0.2) is 19.0 Å². The van der Waals surface area contributed by atoms with Crippen molar-refractivity contribution in [2.45, 2.75) is 19.9 Å². The minimum Gasteiger partial charge on any atom is -0.342 e. The number of aromatic nitrogens is 7. The first-order chi connectivity index (χ1) is 21.0. The number of pyridine rings is 1. The van der Waals surface area contributed by atoms with Gasteiger partial charge in [0, 0.05) is 24.2 Å². The third-order valence-corrected chi connectivity index (χ3v) is 7.23. The number of fused-ring (bicyclic) bond motifs is 3. The van der Waals surface area contributed by atoms with Crippen LogP contribution < -0.4 is 10.9 Å². The lowest BCUT2D eigenvalue weighted by Crippen LogP contribution is -2.33. The molecule has 208 valence electrons. The maximum atomic E-state index is 14.3. The summed E-state index contributed by atoms with van der Waals surface area (Å²) in [5.41, 5.74) is 4.35. The second kappa shape index (κ2) is 10.4. The van der Waals surface area contributed by atoms with E-state index >= 15 is 0 Å². The summed E-state index contributed by atoms with van der Waals surface area (Å²) in [5, 5.41) is 12.2. The van der Waals surface area contributed by atoms with Crippen LogP contribution in [0.15, 0.2) is 102 Å². The number of carbonyl (C=O) groups is 1. The lowest BCUT2D eigenvalue weighted by atomic mass is 10.1. The van der Waals surface area contributed by atoms with E-state index in [0.717, 1.165) is 11.1 Å². The molecule has 0 saturated heterocycles. The monoisotopic (exact) mass is 564 g/mol. The van der Waals surface area contributed by atoms with E-state index in [4.69, 9.17) is 4.98 Å². The zero-order chi connectivity index (χ0) is 29.5. The first kappa shape index (κ1) is 25.9. The number of carbonyl (C=O) groups excluding carboxylic acids is 1. The highest BCUT2D eigenvalue weighted by molar-refractivity contribution is 6.01. The number of benzene rings is 2. The lowest BCUT2D eigenvalue weighted by Gasteiger charge is -2.20. The zero-order valence-electron chi connectivity index (χ0n) is 23.3. The van der Waals surface area contributed by atoms with Crippen molar-refractivity contribution in [1.29, 1.82) is 0 Å². The summed E-state index contributed by atoms with van der Waals surface area (Å²) in [5.74, 6) is 6.38. The lowest BCUT2D eigenvalue weighted by molar-refractivity contribution is 0.0938. The van der Waals surface area contributed by atoms with Crippen LogP contribution in [0, 0.1) is 18.8 Å². The summed E-state index contributed by atoms with van der Waals surface area (Å²) in [6.45, 7) is 3.56. The van der Waals surface area contributed by atoms with Gasteiger partial charge in [0.1, 0.15) is 11.4 Å². The van der Waals surface area contributed by atoms with Crippen LogP contribution in [0.25, 0.3) is 27.8 Å². The minimum atomic E-state index is -0.642. The molecule has 5 aromatic heterocycles. The van der Waals surface area contributed by atoms with E-state index < -0.39 is 6.04 Å². The van der Waals surface area contributed by atoms with Gasteiger partial charge in [-0.1, -0.05) is 42.2 Å². The maximum Gasteiger partial charge on any atom is 0.267 e. The third-order valence-electron chi connectivity index (χ3n) is 7.23. The van der Waals surface area contributed by atoms with Gasteiger partial charge in [0.2, 0.25) is 0 Å². The molecular weight excluding hydrogens is 540 g/mol. The number of hydrogen-bond acceptors (Lipinski definition) is 6. The molecule has 0 aliphatic heterocycles. The van der Waals surface area contributed by atoms with Crippen molar-refractivity contribution in [3.05, 3.63) is 136 Å². The van der Waals surface area contributed by atoms with Crippen LogP contribution >= 0.6 is 0 Å². The summed E-state index contributed by atoms with van der Waals surface area (Å²) < 4.78 is 4.86. The molecule has 0 aliphatic rings. The molecule has 10 heteroatoms. The number of aryl methyl sites for hydroxylation is 1. The van der Waals surface area contributed by atoms with E-state index in [1.54, 1.807) is 53.6 Å². The minimum absolute atomic E-state index is 0.286. The predicted molar refractivity (Wildman–Crippen MR) is 162 cm³/mol. The molecule has 0 spiro atoms. The Morgan fingerprint density at radius 1 is 0.907 bits per heavy atom. The zero-order valence-corrected chi connectivity index (χ0v) is 23.3. The van der Waals surface area contributed by atoms with E-state index in [-0.39, 0.29) is 11.5 Å². The van der Waals surface area contributed by atoms with Crippen LogP contribution in [0.4, 0.5) is 0 Å². The molecule has 5 heterocycles. The predicted octanol–water partition coefficient (Wildman–Crippen LogP) is 4.28. The standard InChI is InChI=1S/C33H24N8O2/c1-21-28(31-34-17-9-19-40(31)38-21)32(42)36-22(2)30-37-26-13-8-10-23(15-16-24-20-35-39-18-7-6-14-27(24)39)29(26)33(43)41(30)25-11-4-3-5-12-25/h3-14,17-20,22H,1-2H3,(H,36,42)/t22-/m1/s1. The molecule has 0 fully saturated rings. The number of hydrogen-bond donors (Lipinski definition) is 1. The van der Waals surface area contributed by atoms with Gasteiger partial charge < -0.3 is 5.32 Å². The van der Waals surface area contributed by atoms with Crippen LogP contribution in [-0.4, -0.2) is 39.7 Å². The molecule has 7 rings (SSSR count). The molecule has 2 aromatic carbocycles. The summed E-state index contributed by atoms with van der Waals surface area (Å²) in [6.07, 6.45) is 6.92. The van der Waals surface area contributed by atoms with E-state index in [0.29, 0.717) is 44.9 Å². The van der Waals surface area contributed by atoms with Gasteiger partial charge in [-0.05, 0) is 56.3 Å². The SMILES string of the molecule is Cc1nn2cccnc2c1C(=O)N[C@H](C)c1nc2cccc(C#Cc3cnn4ccccc34)c2c(=O)n1-c1ccccc1. The van der Waals surface area contributed by atoms with Crippen molar-refractivity contribution in [3.8, 4) is 17.5 Å². The fourth-order valence-electron chi connectivity index (χ4n) is 5.23. The molecule has 0 aliphatic carbocycles. The third kappa shape index (κ3) is 4.49. The Morgan fingerprint density at radius 3 is 2.56 bits per heavy atom. The van der Waals surface area contributed by atoms with Crippen LogP contribution in [0.5, 0.6) is 0 Å². The molecular formula is C33H24N8O2. The van der Waals surface area contributed by atoms with Gasteiger partial charge in [-0.3, -0.25) is 14.2 Å². The number of nitrogens with one attached hydrogen (secondary N) is 1. The van der Waals surface area contributed by atoms with Crippen LogP contribution in [0.3, 0.4) is 0 Å². The normalized spacial score (nSPS) is 11.9. The van der Waals surface area contributed by atoms with Gasteiger partial charge in [0.15, 0.2) is 5.65 Å². The van der Waals surface area contributed by atoms with Crippen molar-refractivity contribution in [3.63, 3.8) is 0 Å². The highest BCUT2D eigenvalue weighted by atomic mass is 16.2. The highest BCUT2D eigenvalue weighted by Crippen LogP contribution is 2.22. The summed E-state index contributed by atoms with van der Waals surface area (Å²) in [4.78, 5) is 37.1. The van der Waals surface area contributed by atoms with Gasteiger partial charge in [0.05, 0.1) is 45.6 Å². The molecule has 0 unspecified atom stereocenters. The smallest absolute Gasteiger partial charge is 0.267 e. The average molecular weight is 565 g/mol. The second-order valence-corrected chi connectivity index (χ2v) is 10.0. The Kier molecular flexibility index (Phi) is 6.25. The topological polar surface area (TPSA) is 111 Å². The fourth-order valence-corrected chi connectivity index (χ4v) is 5.23. The second-order valence-electron chi connectivity index (χ2n) is 10.0. The summed E-state index contributed by atoms with van der Waals surface area (Å²) in [6, 6.07) is 21.5. The first-order valence-corrected chi connectivity index (χ1v) is 13.7. The van der Waals surface area contributed by atoms with Crippen LogP contribution in [-0.2, 0) is 0 Å². The fraction of sp³-hybridized carbons (Fsp3) is 0.0909. The Hall–Kier alpha value is -6.08. The van der Waals surface area contributed by atoms with Crippen molar-refractivity contribution in [1.82, 2.24) is 39.1 Å². The molecule has 10 nitrogen and oxygen atoms in total. The molecule has 1 atom stereocenters. The molecule has 0 saturated carbocycles. The number of para-hydroxylation sites is 1. The average Bonchev–Trinajstić information content (AvgIpc) is 3.60. The van der Waals surface area contributed by atoms with Crippen molar-refractivity contribution in [2.24, 2.45) is 0 Å². The number of nitrogens with zero attached hydrogens (tertiary/aromatic N) is 7. The Morgan fingerprint density at radius 2 is 1.70 bits per heavy atom. The Bertz CT molecular complexity index is 2300. The van der Waals surface area contributed by atoms with Crippen LogP contribution in [0.2, 0.25) is 0 Å². The van der Waals surface area contributed by atoms with E-state index in [1.165, 1.54) is 4.57 Å². The summed E-state index contributed by atoms with van der Waals surface area (Å²) in [7, 11) is 0. The molecule has 7 aromatic rings. The molecule has 0 radical (unpaired) electrons. The largest absolute Gasteiger partial charge is 0.342 e. The van der Waals surface area contributed by atoms with E-state index in [9.17, 15) is 9.59 Å². The van der Waals surface area contributed by atoms with Gasteiger partial charge in [-0.2, -0.15) is 10.2 Å². The first-order valence-electron chi connectivity index (χ1n) is 13.7. The van der Waals surface area contributed by atoms with Gasteiger partial charge in [-0.15, -0.1) is 0 Å². The molecule has 1 amide bonds. The van der Waals surface area contributed by atoms with Gasteiger partial charge in [0.25, 0.3) is 11.5 Å². The molecule has 43 heavy (non-hydrogen) atoms. The Labute approximate surface area is 245 Å². The van der Waals surface area contributed by atoms with Crippen LogP contribution in [0.1, 0.15) is 46.0 Å². The van der Waals surface area contributed by atoms with E-state index in [2.05, 4.69) is 32.3 Å². The number of amides is 1. The van der Waals surface area contributed by atoms with E-state index in [1.807, 2.05) is 66.9 Å². The molecule has 1 N–H and O–H groups in total. The van der Waals surface area contributed by atoms with Crippen molar-refractivity contribution < 1.29 is 4.79 Å². The maximum absolute atomic E-state index is 14.3. The molecule has 0 bridgehead atoms. The Balaban J connectivity index is 1.35.